The van der Waals surface area contributed by atoms with Crippen LogP contribution in [0.25, 0.3) is 0 Å². The van der Waals surface area contributed by atoms with Crippen LogP contribution in [0.4, 0.5) is 0 Å². The molecule has 0 aromatic rings. The molecule has 3 nitrogen and oxygen atoms in total. The van der Waals surface area contributed by atoms with E-state index in [2.05, 4.69) is 44.2 Å². The van der Waals surface area contributed by atoms with Gasteiger partial charge in [0.05, 0.1) is 12.5 Å². The number of nitriles is 1. The first-order chi connectivity index (χ1) is 6.10. The van der Waals surface area contributed by atoms with Crippen LogP contribution >= 0.6 is 0 Å². The highest BCUT2D eigenvalue weighted by atomic mass is 15.1. The van der Waals surface area contributed by atoms with E-state index in [0.29, 0.717) is 18.5 Å². The van der Waals surface area contributed by atoms with Gasteiger partial charge in [-0.15, -0.1) is 0 Å². The van der Waals surface area contributed by atoms with Crippen LogP contribution < -0.4 is 5.32 Å². The zero-order chi connectivity index (χ0) is 10.3. The van der Waals surface area contributed by atoms with Gasteiger partial charge in [0, 0.05) is 18.6 Å². The third-order valence-electron chi connectivity index (χ3n) is 1.99. The maximum Gasteiger partial charge on any atom is 0.0638 e. The predicted molar refractivity (Wildman–Crippen MR) is 55.5 cm³/mol. The number of nitrogens with one attached hydrogen (secondary N) is 1. The lowest BCUT2D eigenvalue weighted by Crippen LogP contribution is -2.41. The molecule has 0 rings (SSSR count). The van der Waals surface area contributed by atoms with Crippen LogP contribution in [0.1, 0.15) is 26.7 Å². The summed E-state index contributed by atoms with van der Waals surface area (Å²) in [5, 5.41) is 12.0. The molecule has 0 radical (unpaired) electrons. The smallest absolute Gasteiger partial charge is 0.0638 e. The Morgan fingerprint density at radius 2 is 2.08 bits per heavy atom. The number of nitrogens with zero attached hydrogens (tertiary/aromatic N) is 2. The molecule has 0 aliphatic rings. The molecule has 0 amide bonds. The Morgan fingerprint density at radius 3 is 2.46 bits per heavy atom. The molecule has 1 N–H and O–H groups in total. The van der Waals surface area contributed by atoms with Crippen LogP contribution in [-0.2, 0) is 0 Å². The molecule has 0 fully saturated rings. The van der Waals surface area contributed by atoms with Crippen molar-refractivity contribution in [2.45, 2.75) is 38.8 Å². The van der Waals surface area contributed by atoms with Gasteiger partial charge < -0.3 is 10.2 Å². The number of hydrogen-bond acceptors (Lipinski definition) is 3. The van der Waals surface area contributed by atoms with Crippen LogP contribution in [-0.4, -0.2) is 37.6 Å². The Kier molecular flexibility index (Phi) is 6.56. The summed E-state index contributed by atoms with van der Waals surface area (Å²) in [6.45, 7) is 5.28. The van der Waals surface area contributed by atoms with Crippen molar-refractivity contribution in [1.29, 1.82) is 5.26 Å². The Balaban J connectivity index is 3.73. The van der Waals surface area contributed by atoms with Crippen molar-refractivity contribution < 1.29 is 0 Å². The van der Waals surface area contributed by atoms with Crippen LogP contribution in [0.15, 0.2) is 0 Å². The molecule has 0 aromatic heterocycles. The van der Waals surface area contributed by atoms with E-state index in [1.54, 1.807) is 0 Å². The van der Waals surface area contributed by atoms with E-state index in [1.807, 2.05) is 0 Å². The first kappa shape index (κ1) is 12.4. The van der Waals surface area contributed by atoms with Crippen LogP contribution in [0.3, 0.4) is 0 Å². The molecule has 0 aliphatic carbocycles. The van der Waals surface area contributed by atoms with Gasteiger partial charge in [0.2, 0.25) is 0 Å². The summed E-state index contributed by atoms with van der Waals surface area (Å²) in [6, 6.07) is 3.00. The zero-order valence-corrected chi connectivity index (χ0v) is 9.17. The molecule has 0 heterocycles. The Morgan fingerprint density at radius 1 is 1.46 bits per heavy atom. The highest BCUT2D eigenvalue weighted by Gasteiger charge is 2.09. The molecule has 13 heavy (non-hydrogen) atoms. The minimum Gasteiger partial charge on any atom is -0.309 e. The van der Waals surface area contributed by atoms with Gasteiger partial charge in [0.15, 0.2) is 0 Å². The second-order valence-electron chi connectivity index (χ2n) is 3.80. The fourth-order valence-corrected chi connectivity index (χ4v) is 1.43. The van der Waals surface area contributed by atoms with E-state index in [1.165, 1.54) is 0 Å². The summed E-state index contributed by atoms with van der Waals surface area (Å²) in [5.41, 5.74) is 0. The van der Waals surface area contributed by atoms with Gasteiger partial charge in [-0.1, -0.05) is 6.92 Å². The van der Waals surface area contributed by atoms with E-state index in [9.17, 15) is 0 Å². The Bertz CT molecular complexity index is 160. The molecule has 0 saturated carbocycles. The highest BCUT2D eigenvalue weighted by Crippen LogP contribution is 1.98. The quantitative estimate of drug-likeness (QED) is 0.673. The van der Waals surface area contributed by atoms with Crippen molar-refractivity contribution in [1.82, 2.24) is 10.2 Å². The van der Waals surface area contributed by atoms with Gasteiger partial charge in [-0.05, 0) is 27.4 Å². The minimum atomic E-state index is 0.347. The van der Waals surface area contributed by atoms with Crippen LogP contribution in [0.5, 0.6) is 0 Å². The number of likely N-dealkylation sites (N-methyl/N-ethyl adjacent to an activating group) is 1. The molecule has 3 heteroatoms. The second kappa shape index (κ2) is 6.88. The second-order valence-corrected chi connectivity index (χ2v) is 3.80. The van der Waals surface area contributed by atoms with Crippen LogP contribution in [0.2, 0.25) is 0 Å². The lowest BCUT2D eigenvalue weighted by Gasteiger charge is -2.22. The summed E-state index contributed by atoms with van der Waals surface area (Å²) in [7, 11) is 4.12. The molecule has 2 atom stereocenters. The van der Waals surface area contributed by atoms with Crippen LogP contribution in [0, 0.1) is 11.3 Å². The SMILES string of the molecule is CCC(CC#N)NC(C)CN(C)C. The average molecular weight is 183 g/mol. The monoisotopic (exact) mass is 183 g/mol. The topological polar surface area (TPSA) is 39.1 Å². The van der Waals surface area contributed by atoms with E-state index in [4.69, 9.17) is 5.26 Å². The third kappa shape index (κ3) is 6.56. The summed E-state index contributed by atoms with van der Waals surface area (Å²) in [6.07, 6.45) is 1.62. The van der Waals surface area contributed by atoms with E-state index >= 15 is 0 Å². The molecule has 0 spiro atoms. The number of rotatable bonds is 6. The van der Waals surface area contributed by atoms with Crippen molar-refractivity contribution in [2.75, 3.05) is 20.6 Å². The lowest BCUT2D eigenvalue weighted by molar-refractivity contribution is 0.325. The normalized spacial score (nSPS) is 15.4. The van der Waals surface area contributed by atoms with Gasteiger partial charge >= 0.3 is 0 Å². The minimum absolute atomic E-state index is 0.347. The van der Waals surface area contributed by atoms with E-state index in [-0.39, 0.29) is 0 Å². The summed E-state index contributed by atoms with van der Waals surface area (Å²) < 4.78 is 0. The molecule has 76 valence electrons. The summed E-state index contributed by atoms with van der Waals surface area (Å²) in [5.74, 6) is 0. The Labute approximate surface area is 81.7 Å². The standard InChI is InChI=1S/C10H21N3/c1-5-10(6-7-11)12-9(2)8-13(3)4/h9-10,12H,5-6,8H2,1-4H3. The van der Waals surface area contributed by atoms with Crippen molar-refractivity contribution in [3.63, 3.8) is 0 Å². The largest absolute Gasteiger partial charge is 0.309 e. The lowest BCUT2D eigenvalue weighted by atomic mass is 10.1. The van der Waals surface area contributed by atoms with Crippen molar-refractivity contribution in [3.05, 3.63) is 0 Å². The van der Waals surface area contributed by atoms with Gasteiger partial charge in [-0.2, -0.15) is 5.26 Å². The average Bonchev–Trinajstić information content (AvgIpc) is 2.02. The third-order valence-corrected chi connectivity index (χ3v) is 1.99. The van der Waals surface area contributed by atoms with Gasteiger partial charge in [0.1, 0.15) is 0 Å². The van der Waals surface area contributed by atoms with Gasteiger partial charge in [-0.25, -0.2) is 0 Å². The fraction of sp³-hybridized carbons (Fsp3) is 0.900. The van der Waals surface area contributed by atoms with E-state index in [0.717, 1.165) is 13.0 Å². The molecule has 0 bridgehead atoms. The van der Waals surface area contributed by atoms with Crippen molar-refractivity contribution >= 4 is 0 Å². The molecule has 0 aliphatic heterocycles. The first-order valence-corrected chi connectivity index (χ1v) is 4.87. The molecule has 0 aromatic carbocycles. The molecule has 0 saturated heterocycles. The predicted octanol–water partition coefficient (Wildman–Crippen LogP) is 1.22. The van der Waals surface area contributed by atoms with Gasteiger partial charge in [-0.3, -0.25) is 0 Å². The maximum absolute atomic E-state index is 8.56. The Hall–Kier alpha value is -0.590. The maximum atomic E-state index is 8.56. The molecular formula is C10H21N3. The zero-order valence-electron chi connectivity index (χ0n) is 9.17. The van der Waals surface area contributed by atoms with Crippen molar-refractivity contribution in [2.24, 2.45) is 0 Å². The fourth-order valence-electron chi connectivity index (χ4n) is 1.43. The van der Waals surface area contributed by atoms with Crippen molar-refractivity contribution in [3.8, 4) is 6.07 Å². The highest BCUT2D eigenvalue weighted by molar-refractivity contribution is 4.81. The van der Waals surface area contributed by atoms with Gasteiger partial charge in [0.25, 0.3) is 0 Å². The molecule has 2 unspecified atom stereocenters. The first-order valence-electron chi connectivity index (χ1n) is 4.87. The van der Waals surface area contributed by atoms with E-state index < -0.39 is 0 Å². The summed E-state index contributed by atoms with van der Waals surface area (Å²) in [4.78, 5) is 2.15. The number of hydrogen-bond donors (Lipinski definition) is 1. The molecular weight excluding hydrogens is 162 g/mol. The summed E-state index contributed by atoms with van der Waals surface area (Å²) >= 11 is 0.